The summed E-state index contributed by atoms with van der Waals surface area (Å²) in [6.07, 6.45) is 2.32. The molecule has 7 nitrogen and oxygen atoms in total. The van der Waals surface area contributed by atoms with E-state index in [1.165, 1.54) is 0 Å². The van der Waals surface area contributed by atoms with Crippen LogP contribution in [0.15, 0.2) is 12.2 Å². The van der Waals surface area contributed by atoms with Crippen LogP contribution in [0.2, 0.25) is 0 Å². The van der Waals surface area contributed by atoms with E-state index in [2.05, 4.69) is 4.74 Å². The Labute approximate surface area is 123 Å². The number of amides is 1. The maximum Gasteiger partial charge on any atom is 0.338 e. The first kappa shape index (κ1) is 15.9. The molecule has 118 valence electrons. The lowest BCUT2D eigenvalue weighted by Crippen LogP contribution is -2.51. The van der Waals surface area contributed by atoms with Crippen molar-refractivity contribution in [2.24, 2.45) is 0 Å². The van der Waals surface area contributed by atoms with Gasteiger partial charge in [0.1, 0.15) is 0 Å². The predicted octanol–water partition coefficient (Wildman–Crippen LogP) is -0.517. The van der Waals surface area contributed by atoms with Crippen molar-refractivity contribution >= 4 is 11.9 Å². The predicted molar refractivity (Wildman–Crippen MR) is 72.5 cm³/mol. The lowest BCUT2D eigenvalue weighted by Gasteiger charge is -2.29. The van der Waals surface area contributed by atoms with Gasteiger partial charge in [-0.3, -0.25) is 4.79 Å². The summed E-state index contributed by atoms with van der Waals surface area (Å²) in [7, 11) is 1.16. The van der Waals surface area contributed by atoms with E-state index in [9.17, 15) is 14.7 Å². The molecule has 21 heavy (non-hydrogen) atoms. The molecular formula is C14H21NO6. The normalized spacial score (nSPS) is 30.2. The van der Waals surface area contributed by atoms with Gasteiger partial charge in [-0.2, -0.15) is 0 Å². The number of carbonyl (C=O) groups is 2. The van der Waals surface area contributed by atoms with Gasteiger partial charge in [-0.1, -0.05) is 12.2 Å². The fourth-order valence-electron chi connectivity index (χ4n) is 2.57. The number of carbonyl (C=O) groups excluding carboxylic acids is 2. The SMILES string of the molecule is COC(=O)[C@H](O)[C@H]1OC/C=C\COC[C@H]2CCCN2C1=O. The standard InChI is InChI=1S/C14H21NO6/c1-19-14(18)11(16)12-13(17)15-6-4-5-10(15)9-20-7-2-3-8-21-12/h2-3,10-12,16H,4-9H2,1H3/b3-2-/t10-,11-,12-/m1/s1. The van der Waals surface area contributed by atoms with Crippen molar-refractivity contribution in [2.45, 2.75) is 31.1 Å². The molecule has 0 spiro atoms. The van der Waals surface area contributed by atoms with Crippen LogP contribution in [0.3, 0.4) is 0 Å². The van der Waals surface area contributed by atoms with Gasteiger partial charge in [0, 0.05) is 6.54 Å². The summed E-state index contributed by atoms with van der Waals surface area (Å²) in [4.78, 5) is 25.7. The zero-order valence-corrected chi connectivity index (χ0v) is 12.1. The van der Waals surface area contributed by atoms with Crippen LogP contribution in [-0.4, -0.2) is 73.6 Å². The fraction of sp³-hybridized carbons (Fsp3) is 0.714. The molecule has 7 heteroatoms. The topological polar surface area (TPSA) is 85.3 Å². The van der Waals surface area contributed by atoms with Gasteiger partial charge in [0.15, 0.2) is 12.2 Å². The molecule has 0 bridgehead atoms. The zero-order valence-electron chi connectivity index (χ0n) is 12.1. The van der Waals surface area contributed by atoms with Gasteiger partial charge >= 0.3 is 5.97 Å². The Hall–Kier alpha value is -1.44. The minimum absolute atomic E-state index is 0.0417. The summed E-state index contributed by atoms with van der Waals surface area (Å²) in [6.45, 7) is 1.59. The van der Waals surface area contributed by atoms with Crippen LogP contribution in [0, 0.1) is 0 Å². The number of rotatable bonds is 2. The summed E-state index contributed by atoms with van der Waals surface area (Å²) < 4.78 is 15.4. The molecule has 1 saturated heterocycles. The highest BCUT2D eigenvalue weighted by atomic mass is 16.6. The average molecular weight is 299 g/mol. The third kappa shape index (κ3) is 3.81. The Morgan fingerprint density at radius 1 is 1.48 bits per heavy atom. The van der Waals surface area contributed by atoms with Gasteiger partial charge in [-0.25, -0.2) is 4.79 Å². The molecule has 0 aliphatic carbocycles. The number of ether oxygens (including phenoxy) is 3. The number of methoxy groups -OCH3 is 1. The highest BCUT2D eigenvalue weighted by Crippen LogP contribution is 2.21. The first-order chi connectivity index (χ1) is 10.1. The van der Waals surface area contributed by atoms with Crippen molar-refractivity contribution in [3.05, 3.63) is 12.2 Å². The van der Waals surface area contributed by atoms with Crippen molar-refractivity contribution in [3.63, 3.8) is 0 Å². The third-order valence-electron chi connectivity index (χ3n) is 3.70. The Bertz CT molecular complexity index is 410. The smallest absolute Gasteiger partial charge is 0.338 e. The second kappa shape index (κ2) is 7.53. The van der Waals surface area contributed by atoms with Crippen molar-refractivity contribution in [1.29, 1.82) is 0 Å². The van der Waals surface area contributed by atoms with Gasteiger partial charge < -0.3 is 24.2 Å². The summed E-state index contributed by atoms with van der Waals surface area (Å²) >= 11 is 0. The summed E-state index contributed by atoms with van der Waals surface area (Å²) in [5.41, 5.74) is 0. The van der Waals surface area contributed by atoms with Crippen molar-refractivity contribution in [1.82, 2.24) is 4.90 Å². The van der Waals surface area contributed by atoms with Crippen LogP contribution in [0.4, 0.5) is 0 Å². The molecule has 2 heterocycles. The maximum absolute atomic E-state index is 12.6. The molecule has 1 fully saturated rings. The summed E-state index contributed by atoms with van der Waals surface area (Å²) in [6, 6.07) is -0.0417. The van der Waals surface area contributed by atoms with E-state index in [1.807, 2.05) is 0 Å². The average Bonchev–Trinajstić information content (AvgIpc) is 2.95. The number of esters is 1. The highest BCUT2D eigenvalue weighted by molar-refractivity contribution is 5.89. The number of aliphatic hydroxyl groups excluding tert-OH is 1. The molecule has 0 aromatic rings. The molecule has 3 atom stereocenters. The van der Waals surface area contributed by atoms with Gasteiger partial charge in [0.05, 0.1) is 33.0 Å². The van der Waals surface area contributed by atoms with Crippen molar-refractivity contribution in [3.8, 4) is 0 Å². The number of hydrogen-bond acceptors (Lipinski definition) is 6. The largest absolute Gasteiger partial charge is 0.467 e. The number of hydrogen-bond donors (Lipinski definition) is 1. The van der Waals surface area contributed by atoms with Crippen LogP contribution < -0.4 is 0 Å². The molecule has 0 unspecified atom stereocenters. The quantitative estimate of drug-likeness (QED) is 0.546. The molecule has 2 rings (SSSR count). The number of aliphatic hydroxyl groups is 1. The molecule has 2 aliphatic heterocycles. The van der Waals surface area contributed by atoms with Gasteiger partial charge in [0.2, 0.25) is 0 Å². The molecule has 1 N–H and O–H groups in total. The number of fused-ring (bicyclic) bond motifs is 1. The van der Waals surface area contributed by atoms with E-state index in [4.69, 9.17) is 9.47 Å². The van der Waals surface area contributed by atoms with Gasteiger partial charge in [0.25, 0.3) is 5.91 Å². The highest BCUT2D eigenvalue weighted by Gasteiger charge is 2.40. The van der Waals surface area contributed by atoms with Crippen LogP contribution in [0.5, 0.6) is 0 Å². The summed E-state index contributed by atoms with van der Waals surface area (Å²) in [5.74, 6) is -1.27. The van der Waals surface area contributed by atoms with Crippen LogP contribution >= 0.6 is 0 Å². The second-order valence-electron chi connectivity index (χ2n) is 5.06. The Morgan fingerprint density at radius 3 is 3.00 bits per heavy atom. The monoisotopic (exact) mass is 299 g/mol. The molecule has 0 radical (unpaired) electrons. The lowest BCUT2D eigenvalue weighted by molar-refractivity contribution is -0.169. The van der Waals surface area contributed by atoms with Crippen LogP contribution in [0.25, 0.3) is 0 Å². The van der Waals surface area contributed by atoms with Crippen molar-refractivity contribution < 1.29 is 28.9 Å². The number of nitrogens with zero attached hydrogens (tertiary/aromatic N) is 1. The third-order valence-corrected chi connectivity index (χ3v) is 3.70. The first-order valence-electron chi connectivity index (χ1n) is 7.06. The Morgan fingerprint density at radius 2 is 2.24 bits per heavy atom. The molecule has 2 aliphatic rings. The van der Waals surface area contributed by atoms with Gasteiger partial charge in [-0.15, -0.1) is 0 Å². The zero-order chi connectivity index (χ0) is 15.2. The molecule has 1 amide bonds. The van der Waals surface area contributed by atoms with E-state index in [1.54, 1.807) is 17.1 Å². The molecule has 0 aromatic heterocycles. The molecule has 0 saturated carbocycles. The van der Waals surface area contributed by atoms with Crippen LogP contribution in [-0.2, 0) is 23.8 Å². The van der Waals surface area contributed by atoms with Gasteiger partial charge in [-0.05, 0) is 12.8 Å². The van der Waals surface area contributed by atoms with E-state index in [0.717, 1.165) is 20.0 Å². The van der Waals surface area contributed by atoms with E-state index < -0.39 is 24.1 Å². The van der Waals surface area contributed by atoms with Crippen molar-refractivity contribution in [2.75, 3.05) is 33.5 Å². The van der Waals surface area contributed by atoms with E-state index >= 15 is 0 Å². The minimum Gasteiger partial charge on any atom is -0.467 e. The minimum atomic E-state index is -1.63. The molecular weight excluding hydrogens is 278 g/mol. The van der Waals surface area contributed by atoms with E-state index in [-0.39, 0.29) is 12.6 Å². The van der Waals surface area contributed by atoms with Crippen LogP contribution in [0.1, 0.15) is 12.8 Å². The summed E-state index contributed by atoms with van der Waals surface area (Å²) in [5, 5.41) is 9.98. The molecule has 0 aromatic carbocycles. The Balaban J connectivity index is 2.17. The second-order valence-corrected chi connectivity index (χ2v) is 5.06. The Kier molecular flexibility index (Phi) is 5.72. The fourth-order valence-corrected chi connectivity index (χ4v) is 2.57. The van der Waals surface area contributed by atoms with E-state index in [0.29, 0.717) is 19.8 Å². The maximum atomic E-state index is 12.6. The lowest BCUT2D eigenvalue weighted by atomic mass is 10.1. The first-order valence-corrected chi connectivity index (χ1v) is 7.06.